The molecule has 1 aromatic heterocycles. The smallest absolute Gasteiger partial charge is 0.338 e. The molecule has 0 unspecified atom stereocenters. The molecular weight excluding hydrogens is 318 g/mol. The average Bonchev–Trinajstić information content (AvgIpc) is 2.96. The Balaban J connectivity index is 1.42. The molecule has 0 saturated carbocycles. The van der Waals surface area contributed by atoms with Crippen LogP contribution in [0.5, 0.6) is 0 Å². The van der Waals surface area contributed by atoms with Crippen LogP contribution in [0.25, 0.3) is 0 Å². The van der Waals surface area contributed by atoms with Gasteiger partial charge < -0.3 is 10.6 Å². The number of nitrogens with one attached hydrogen (secondary N) is 2. The number of benzene rings is 1. The number of hydrogen-bond donors (Lipinski definition) is 2. The van der Waals surface area contributed by atoms with Crippen molar-refractivity contribution in [3.8, 4) is 0 Å². The highest BCUT2D eigenvalue weighted by Crippen LogP contribution is 2.11. The number of amides is 2. The SMILES string of the molecule is C[C@H](NC(=O)NCCCn1nc2n(c1=O)CCCC2)c1ccccc1. The highest BCUT2D eigenvalue weighted by Gasteiger charge is 2.16. The third-order valence-electron chi connectivity index (χ3n) is 4.51. The van der Waals surface area contributed by atoms with E-state index in [0.717, 1.165) is 37.2 Å². The molecule has 1 aliphatic rings. The van der Waals surface area contributed by atoms with E-state index in [1.165, 1.54) is 4.68 Å². The van der Waals surface area contributed by atoms with Gasteiger partial charge in [0.25, 0.3) is 0 Å². The van der Waals surface area contributed by atoms with Gasteiger partial charge >= 0.3 is 11.7 Å². The van der Waals surface area contributed by atoms with Crippen LogP contribution in [0, 0.1) is 0 Å². The number of carbonyl (C=O) groups is 1. The van der Waals surface area contributed by atoms with Crippen molar-refractivity contribution in [1.82, 2.24) is 25.0 Å². The number of aromatic nitrogens is 3. The van der Waals surface area contributed by atoms with Gasteiger partial charge in [-0.1, -0.05) is 30.3 Å². The lowest BCUT2D eigenvalue weighted by molar-refractivity contribution is 0.237. The summed E-state index contributed by atoms with van der Waals surface area (Å²) in [5, 5.41) is 10.1. The molecule has 0 saturated heterocycles. The van der Waals surface area contributed by atoms with Crippen LogP contribution in [-0.4, -0.2) is 26.9 Å². The second kappa shape index (κ2) is 8.00. The van der Waals surface area contributed by atoms with Crippen LogP contribution in [0.15, 0.2) is 35.1 Å². The molecule has 2 amide bonds. The minimum absolute atomic E-state index is 0.0307. The first-order valence-corrected chi connectivity index (χ1v) is 8.91. The Morgan fingerprint density at radius 2 is 2.08 bits per heavy atom. The van der Waals surface area contributed by atoms with Crippen molar-refractivity contribution in [2.75, 3.05) is 6.54 Å². The van der Waals surface area contributed by atoms with Gasteiger partial charge in [0, 0.05) is 26.1 Å². The number of nitrogens with zero attached hydrogens (tertiary/aromatic N) is 3. The summed E-state index contributed by atoms with van der Waals surface area (Å²) in [7, 11) is 0. The normalized spacial score (nSPS) is 14.6. The predicted molar refractivity (Wildman–Crippen MR) is 95.4 cm³/mol. The molecule has 2 N–H and O–H groups in total. The molecule has 1 aliphatic heterocycles. The summed E-state index contributed by atoms with van der Waals surface area (Å²) in [5.74, 6) is 0.888. The molecule has 3 rings (SSSR count). The molecule has 25 heavy (non-hydrogen) atoms. The first kappa shape index (κ1) is 17.3. The van der Waals surface area contributed by atoms with Crippen molar-refractivity contribution in [1.29, 1.82) is 0 Å². The van der Waals surface area contributed by atoms with Gasteiger partial charge in [0.1, 0.15) is 5.82 Å². The highest BCUT2D eigenvalue weighted by molar-refractivity contribution is 5.74. The summed E-state index contributed by atoms with van der Waals surface area (Å²) in [4.78, 5) is 24.2. The molecule has 7 nitrogen and oxygen atoms in total. The van der Waals surface area contributed by atoms with Gasteiger partial charge in [-0.3, -0.25) is 4.57 Å². The van der Waals surface area contributed by atoms with Gasteiger partial charge in [-0.25, -0.2) is 14.3 Å². The number of urea groups is 1. The molecule has 2 heterocycles. The Morgan fingerprint density at radius 1 is 1.28 bits per heavy atom. The largest absolute Gasteiger partial charge is 0.345 e. The van der Waals surface area contributed by atoms with E-state index in [9.17, 15) is 9.59 Å². The van der Waals surface area contributed by atoms with Gasteiger partial charge in [0.2, 0.25) is 0 Å². The molecule has 0 radical (unpaired) electrons. The Morgan fingerprint density at radius 3 is 2.84 bits per heavy atom. The zero-order valence-corrected chi connectivity index (χ0v) is 14.6. The molecule has 1 atom stereocenters. The fourth-order valence-corrected chi connectivity index (χ4v) is 3.10. The average molecular weight is 343 g/mol. The molecule has 1 aromatic carbocycles. The first-order chi connectivity index (χ1) is 12.1. The predicted octanol–water partition coefficient (Wildman–Crippen LogP) is 1.83. The van der Waals surface area contributed by atoms with E-state index < -0.39 is 0 Å². The molecule has 0 spiro atoms. The van der Waals surface area contributed by atoms with Crippen LogP contribution < -0.4 is 16.3 Å². The third kappa shape index (κ3) is 4.29. The quantitative estimate of drug-likeness (QED) is 0.785. The van der Waals surface area contributed by atoms with Gasteiger partial charge in [0.05, 0.1) is 6.04 Å². The zero-order chi connectivity index (χ0) is 17.6. The van der Waals surface area contributed by atoms with Crippen molar-refractivity contribution in [2.24, 2.45) is 0 Å². The van der Waals surface area contributed by atoms with E-state index >= 15 is 0 Å². The van der Waals surface area contributed by atoms with Crippen molar-refractivity contribution >= 4 is 6.03 Å². The van der Waals surface area contributed by atoms with E-state index in [-0.39, 0.29) is 17.8 Å². The fourth-order valence-electron chi connectivity index (χ4n) is 3.10. The van der Waals surface area contributed by atoms with Gasteiger partial charge in [0.15, 0.2) is 0 Å². The maximum Gasteiger partial charge on any atom is 0.345 e. The molecule has 0 aliphatic carbocycles. The van der Waals surface area contributed by atoms with E-state index in [4.69, 9.17) is 0 Å². The summed E-state index contributed by atoms with van der Waals surface area (Å²) in [6.07, 6.45) is 3.68. The molecule has 134 valence electrons. The van der Waals surface area contributed by atoms with Crippen LogP contribution in [0.4, 0.5) is 4.79 Å². The molecule has 2 aromatic rings. The standard InChI is InChI=1S/C18H25N5O2/c1-14(15-8-3-2-4-9-15)20-17(24)19-11-7-13-23-18(25)22-12-6-5-10-16(22)21-23/h2-4,8-9,14H,5-7,10-13H2,1H3,(H2,19,20,24)/t14-/m0/s1. The van der Waals surface area contributed by atoms with Crippen molar-refractivity contribution in [2.45, 2.75) is 51.7 Å². The van der Waals surface area contributed by atoms with Crippen molar-refractivity contribution in [3.05, 3.63) is 52.2 Å². The van der Waals surface area contributed by atoms with Crippen LogP contribution in [-0.2, 0) is 19.5 Å². The maximum absolute atomic E-state index is 12.2. The lowest BCUT2D eigenvalue weighted by atomic mass is 10.1. The second-order valence-corrected chi connectivity index (χ2v) is 6.42. The third-order valence-corrected chi connectivity index (χ3v) is 4.51. The summed E-state index contributed by atoms with van der Waals surface area (Å²) in [6, 6.07) is 9.57. The van der Waals surface area contributed by atoms with Gasteiger partial charge in [-0.2, -0.15) is 5.10 Å². The Kier molecular flexibility index (Phi) is 5.53. The van der Waals surface area contributed by atoms with Crippen LogP contribution in [0.1, 0.15) is 43.6 Å². The molecule has 0 fully saturated rings. The molecule has 7 heteroatoms. The molecule has 0 bridgehead atoms. The second-order valence-electron chi connectivity index (χ2n) is 6.42. The Hall–Kier alpha value is -2.57. The lowest BCUT2D eigenvalue weighted by Crippen LogP contribution is -2.38. The summed E-state index contributed by atoms with van der Waals surface area (Å²) >= 11 is 0. The van der Waals surface area contributed by atoms with E-state index in [1.807, 2.05) is 37.3 Å². The van der Waals surface area contributed by atoms with E-state index in [0.29, 0.717) is 19.5 Å². The number of hydrogen-bond acceptors (Lipinski definition) is 3. The topological polar surface area (TPSA) is 81.0 Å². The van der Waals surface area contributed by atoms with Gasteiger partial charge in [-0.15, -0.1) is 0 Å². The highest BCUT2D eigenvalue weighted by atomic mass is 16.2. The Labute approximate surface area is 147 Å². The van der Waals surface area contributed by atoms with E-state index in [2.05, 4.69) is 15.7 Å². The maximum atomic E-state index is 12.2. The van der Waals surface area contributed by atoms with Crippen LogP contribution in [0.3, 0.4) is 0 Å². The fraction of sp³-hybridized carbons (Fsp3) is 0.500. The van der Waals surface area contributed by atoms with Crippen molar-refractivity contribution < 1.29 is 4.79 Å². The summed E-state index contributed by atoms with van der Waals surface area (Å²) in [6.45, 7) is 3.74. The molecular formula is C18H25N5O2. The monoisotopic (exact) mass is 343 g/mol. The minimum Gasteiger partial charge on any atom is -0.338 e. The summed E-state index contributed by atoms with van der Waals surface area (Å²) in [5.41, 5.74) is 1.03. The number of fused-ring (bicyclic) bond motifs is 1. The Bertz CT molecular complexity index is 766. The van der Waals surface area contributed by atoms with E-state index in [1.54, 1.807) is 4.57 Å². The number of carbonyl (C=O) groups excluding carboxylic acids is 1. The zero-order valence-electron chi connectivity index (χ0n) is 14.6. The first-order valence-electron chi connectivity index (χ1n) is 8.91. The summed E-state index contributed by atoms with van der Waals surface area (Å²) < 4.78 is 3.29. The van der Waals surface area contributed by atoms with Gasteiger partial charge in [-0.05, 0) is 31.7 Å². The minimum atomic E-state index is -0.201. The van der Waals surface area contributed by atoms with Crippen LogP contribution in [0.2, 0.25) is 0 Å². The number of aryl methyl sites for hydroxylation is 2. The number of rotatable bonds is 6. The van der Waals surface area contributed by atoms with Crippen LogP contribution >= 0.6 is 0 Å². The van der Waals surface area contributed by atoms with Crippen molar-refractivity contribution in [3.63, 3.8) is 0 Å². The lowest BCUT2D eigenvalue weighted by Gasteiger charge is -2.14.